The largest absolute Gasteiger partial charge is 0.361 e. The van der Waals surface area contributed by atoms with E-state index in [2.05, 4.69) is 11.9 Å². The molecule has 5 nitrogen and oxygen atoms in total. The Morgan fingerprint density at radius 3 is 2.54 bits per heavy atom. The maximum absolute atomic E-state index is 13.8. The summed E-state index contributed by atoms with van der Waals surface area (Å²) in [6.07, 6.45) is 1.99. The standard InChI is InChI=1S/C22H18FN3O2/c1-2-24-19-10-6-7-11-20(19)25-21(14-16-8-4-3-5-9-16)17-12-13-18(23)22(15-17)26(27)28/h2-13,15,24H,1,14H2. The minimum Gasteiger partial charge on any atom is -0.361 e. The minimum absolute atomic E-state index is 0.437. The molecular formula is C22H18FN3O2. The van der Waals surface area contributed by atoms with Crippen LogP contribution in [0.25, 0.3) is 0 Å². The molecule has 28 heavy (non-hydrogen) atoms. The molecule has 0 aliphatic heterocycles. The van der Waals surface area contributed by atoms with Gasteiger partial charge >= 0.3 is 5.69 Å². The fourth-order valence-electron chi connectivity index (χ4n) is 2.78. The Morgan fingerprint density at radius 1 is 1.11 bits per heavy atom. The Kier molecular flexibility index (Phi) is 5.91. The number of nitro benzene ring substituents is 1. The molecule has 6 heteroatoms. The molecule has 0 bridgehead atoms. The van der Waals surface area contributed by atoms with Crippen LogP contribution in [-0.2, 0) is 6.42 Å². The number of aliphatic imine (C=N–C) groups is 1. The van der Waals surface area contributed by atoms with Crippen molar-refractivity contribution in [3.8, 4) is 0 Å². The number of hydrogen-bond donors (Lipinski definition) is 1. The molecule has 0 unspecified atom stereocenters. The number of benzene rings is 3. The van der Waals surface area contributed by atoms with E-state index in [4.69, 9.17) is 4.99 Å². The first-order chi connectivity index (χ1) is 13.6. The predicted molar refractivity (Wildman–Crippen MR) is 110 cm³/mol. The number of anilines is 1. The van der Waals surface area contributed by atoms with Gasteiger partial charge in [-0.05, 0) is 36.0 Å². The number of nitrogens with zero attached hydrogens (tertiary/aromatic N) is 2. The normalized spacial score (nSPS) is 11.1. The van der Waals surface area contributed by atoms with Gasteiger partial charge in [-0.2, -0.15) is 4.39 Å². The zero-order valence-electron chi connectivity index (χ0n) is 15.0. The lowest BCUT2D eigenvalue weighted by Gasteiger charge is -2.11. The molecule has 3 aromatic rings. The molecule has 0 fully saturated rings. The van der Waals surface area contributed by atoms with Crippen LogP contribution in [0.1, 0.15) is 11.1 Å². The average Bonchev–Trinajstić information content (AvgIpc) is 2.70. The number of nitro groups is 1. The van der Waals surface area contributed by atoms with Crippen molar-refractivity contribution in [2.45, 2.75) is 6.42 Å². The summed E-state index contributed by atoms with van der Waals surface area (Å²) in [6, 6.07) is 20.8. The number of rotatable bonds is 7. The highest BCUT2D eigenvalue weighted by Gasteiger charge is 2.17. The van der Waals surface area contributed by atoms with Crippen LogP contribution in [0.15, 0.2) is 90.6 Å². The van der Waals surface area contributed by atoms with E-state index in [1.165, 1.54) is 12.1 Å². The van der Waals surface area contributed by atoms with E-state index in [-0.39, 0.29) is 0 Å². The average molecular weight is 375 g/mol. The second-order valence-corrected chi connectivity index (χ2v) is 6.01. The Bertz CT molecular complexity index is 1030. The minimum atomic E-state index is -0.874. The topological polar surface area (TPSA) is 67.5 Å². The quantitative estimate of drug-likeness (QED) is 0.329. The molecule has 1 N–H and O–H groups in total. The molecule has 0 aliphatic carbocycles. The van der Waals surface area contributed by atoms with Gasteiger partial charge in [0.05, 0.1) is 22.0 Å². The van der Waals surface area contributed by atoms with Crippen molar-refractivity contribution in [3.63, 3.8) is 0 Å². The smallest absolute Gasteiger partial charge is 0.305 e. The number of hydrogen-bond acceptors (Lipinski definition) is 4. The fourth-order valence-corrected chi connectivity index (χ4v) is 2.78. The van der Waals surface area contributed by atoms with Crippen LogP contribution in [0.5, 0.6) is 0 Å². The molecule has 0 aromatic heterocycles. The van der Waals surface area contributed by atoms with Crippen molar-refractivity contribution in [2.24, 2.45) is 4.99 Å². The van der Waals surface area contributed by atoms with Gasteiger partial charge in [0.25, 0.3) is 0 Å². The van der Waals surface area contributed by atoms with E-state index in [0.29, 0.717) is 23.4 Å². The van der Waals surface area contributed by atoms with Gasteiger partial charge in [-0.1, -0.05) is 49.0 Å². The van der Waals surface area contributed by atoms with E-state index < -0.39 is 16.4 Å². The molecule has 0 aliphatic rings. The van der Waals surface area contributed by atoms with Crippen LogP contribution in [0.4, 0.5) is 21.5 Å². The Balaban J connectivity index is 2.12. The third kappa shape index (κ3) is 4.48. The lowest BCUT2D eigenvalue weighted by molar-refractivity contribution is -0.387. The summed E-state index contributed by atoms with van der Waals surface area (Å²) in [4.78, 5) is 15.2. The van der Waals surface area contributed by atoms with Crippen molar-refractivity contribution < 1.29 is 9.31 Å². The zero-order valence-corrected chi connectivity index (χ0v) is 15.0. The predicted octanol–water partition coefficient (Wildman–Crippen LogP) is 5.65. The summed E-state index contributed by atoms with van der Waals surface area (Å²) >= 11 is 0. The molecule has 0 saturated carbocycles. The van der Waals surface area contributed by atoms with Crippen LogP contribution in [-0.4, -0.2) is 10.6 Å². The highest BCUT2D eigenvalue weighted by Crippen LogP contribution is 2.27. The second kappa shape index (κ2) is 8.73. The summed E-state index contributed by atoms with van der Waals surface area (Å²) in [7, 11) is 0. The van der Waals surface area contributed by atoms with Crippen LogP contribution in [0.2, 0.25) is 0 Å². The Hall–Kier alpha value is -3.80. The molecule has 0 atom stereocenters. The highest BCUT2D eigenvalue weighted by molar-refractivity contribution is 6.04. The third-order valence-electron chi connectivity index (χ3n) is 4.11. The first-order valence-corrected chi connectivity index (χ1v) is 8.61. The summed E-state index contributed by atoms with van der Waals surface area (Å²) < 4.78 is 13.8. The lowest BCUT2D eigenvalue weighted by Crippen LogP contribution is -2.07. The molecule has 0 saturated heterocycles. The number of halogens is 1. The molecule has 0 radical (unpaired) electrons. The van der Waals surface area contributed by atoms with Crippen molar-refractivity contribution in [3.05, 3.63) is 113 Å². The fraction of sp³-hybridized carbons (Fsp3) is 0.0455. The van der Waals surface area contributed by atoms with Gasteiger partial charge in [-0.25, -0.2) is 0 Å². The van der Waals surface area contributed by atoms with Gasteiger partial charge in [-0.3, -0.25) is 15.1 Å². The second-order valence-electron chi connectivity index (χ2n) is 6.01. The van der Waals surface area contributed by atoms with Gasteiger partial charge in [-0.15, -0.1) is 0 Å². The number of nitrogens with one attached hydrogen (secondary N) is 1. The van der Waals surface area contributed by atoms with Gasteiger partial charge in [0.1, 0.15) is 0 Å². The SMILES string of the molecule is C=CNc1ccccc1N=C(Cc1ccccc1)c1ccc(F)c([N+](=O)[O-])c1. The molecule has 3 aromatic carbocycles. The maximum atomic E-state index is 13.8. The summed E-state index contributed by atoms with van der Waals surface area (Å²) in [5, 5.41) is 14.2. The Labute approximate surface area is 162 Å². The summed E-state index contributed by atoms with van der Waals surface area (Å²) in [6.45, 7) is 3.67. The van der Waals surface area contributed by atoms with Crippen molar-refractivity contribution in [2.75, 3.05) is 5.32 Å². The molecule has 0 heterocycles. The Morgan fingerprint density at radius 2 is 1.82 bits per heavy atom. The van der Waals surface area contributed by atoms with E-state index in [9.17, 15) is 14.5 Å². The molecular weight excluding hydrogens is 357 g/mol. The van der Waals surface area contributed by atoms with Crippen LogP contribution < -0.4 is 5.32 Å². The van der Waals surface area contributed by atoms with Crippen LogP contribution in [0, 0.1) is 15.9 Å². The highest BCUT2D eigenvalue weighted by atomic mass is 19.1. The van der Waals surface area contributed by atoms with E-state index in [0.717, 1.165) is 17.3 Å². The van der Waals surface area contributed by atoms with Gasteiger partial charge < -0.3 is 5.32 Å². The van der Waals surface area contributed by atoms with E-state index in [1.807, 2.05) is 54.6 Å². The molecule has 0 spiro atoms. The zero-order chi connectivity index (χ0) is 19.9. The van der Waals surface area contributed by atoms with Gasteiger partial charge in [0.15, 0.2) is 0 Å². The first-order valence-electron chi connectivity index (χ1n) is 8.61. The molecule has 3 rings (SSSR count). The number of para-hydroxylation sites is 2. The van der Waals surface area contributed by atoms with Crippen molar-refractivity contribution in [1.29, 1.82) is 0 Å². The van der Waals surface area contributed by atoms with Crippen LogP contribution >= 0.6 is 0 Å². The van der Waals surface area contributed by atoms with E-state index >= 15 is 0 Å². The lowest BCUT2D eigenvalue weighted by atomic mass is 10.0. The van der Waals surface area contributed by atoms with Crippen molar-refractivity contribution in [1.82, 2.24) is 0 Å². The van der Waals surface area contributed by atoms with E-state index in [1.54, 1.807) is 6.20 Å². The van der Waals surface area contributed by atoms with Crippen LogP contribution in [0.3, 0.4) is 0 Å². The summed E-state index contributed by atoms with van der Waals surface area (Å²) in [5.74, 6) is -0.874. The first kappa shape index (κ1) is 19.0. The van der Waals surface area contributed by atoms with Gasteiger partial charge in [0, 0.05) is 18.1 Å². The third-order valence-corrected chi connectivity index (χ3v) is 4.11. The maximum Gasteiger partial charge on any atom is 0.305 e. The van der Waals surface area contributed by atoms with Crippen molar-refractivity contribution >= 4 is 22.8 Å². The molecule has 140 valence electrons. The van der Waals surface area contributed by atoms with Gasteiger partial charge in [0.2, 0.25) is 5.82 Å². The molecule has 0 amide bonds. The monoisotopic (exact) mass is 375 g/mol. The summed E-state index contributed by atoms with van der Waals surface area (Å²) in [5.41, 5.74) is 2.90.